The van der Waals surface area contributed by atoms with Crippen LogP contribution in [0.2, 0.25) is 0 Å². The van der Waals surface area contributed by atoms with E-state index in [0.717, 1.165) is 45.0 Å². The molecule has 0 atom stereocenters. The van der Waals surface area contributed by atoms with Gasteiger partial charge in [-0.1, -0.05) is 156 Å². The molecule has 0 fully saturated rings. The first kappa shape index (κ1) is 46.4. The molecule has 10 aromatic rings. The van der Waals surface area contributed by atoms with Gasteiger partial charge in [0.05, 0.1) is 33.5 Å². The van der Waals surface area contributed by atoms with Gasteiger partial charge in [-0.05, 0) is 163 Å². The Morgan fingerprint density at radius 1 is 0.300 bits per heavy atom. The van der Waals surface area contributed by atoms with Gasteiger partial charge < -0.3 is 9.13 Å². The molecule has 6 aromatic carbocycles. The van der Waals surface area contributed by atoms with Crippen LogP contribution in [-0.4, -0.2) is 19.1 Å². The maximum Gasteiger partial charge on any atom is 0.0892 e. The number of hydrogen-bond donors (Lipinski definition) is 0. The van der Waals surface area contributed by atoms with Crippen molar-refractivity contribution in [2.45, 2.75) is 105 Å². The van der Waals surface area contributed by atoms with Gasteiger partial charge in [-0.3, -0.25) is 9.97 Å². The lowest BCUT2D eigenvalue weighted by Crippen LogP contribution is -2.10. The lowest BCUT2D eigenvalue weighted by molar-refractivity contribution is 0.590. The fourth-order valence-electron chi connectivity index (χ4n) is 9.70. The van der Waals surface area contributed by atoms with Crippen LogP contribution in [0.1, 0.15) is 128 Å². The van der Waals surface area contributed by atoms with Crippen LogP contribution in [0.25, 0.3) is 90.7 Å². The minimum absolute atomic E-state index is 0.0631. The fourth-order valence-corrected chi connectivity index (χ4v) is 9.70. The lowest BCUT2D eigenvalue weighted by Gasteiger charge is -2.19. The molecule has 0 aliphatic rings. The third-order valence-corrected chi connectivity index (χ3v) is 14.1. The highest BCUT2D eigenvalue weighted by Gasteiger charge is 2.23. The topological polar surface area (TPSA) is 35.6 Å². The van der Waals surface area contributed by atoms with Crippen LogP contribution in [0.4, 0.5) is 0 Å². The van der Waals surface area contributed by atoms with Gasteiger partial charge >= 0.3 is 0 Å². The van der Waals surface area contributed by atoms with E-state index in [1.807, 2.05) is 24.5 Å². The Hall–Kier alpha value is -7.30. The van der Waals surface area contributed by atoms with Gasteiger partial charge in [0.25, 0.3) is 0 Å². The first-order valence-corrected chi connectivity index (χ1v) is 24.9. The molecule has 350 valence electrons. The van der Waals surface area contributed by atoms with Crippen LogP contribution in [0.5, 0.6) is 0 Å². The van der Waals surface area contributed by atoms with Gasteiger partial charge in [-0.25, -0.2) is 0 Å². The van der Waals surface area contributed by atoms with E-state index in [4.69, 9.17) is 9.97 Å². The number of hydrogen-bond acceptors (Lipinski definition) is 2. The summed E-state index contributed by atoms with van der Waals surface area (Å²) in [5.41, 5.74) is 18.9. The smallest absolute Gasteiger partial charge is 0.0892 e. The Bertz CT molecular complexity index is 3270. The average molecular weight is 915 g/mol. The van der Waals surface area contributed by atoms with E-state index in [1.54, 1.807) is 0 Å². The normalized spacial score (nSPS) is 13.0. The summed E-state index contributed by atoms with van der Waals surface area (Å²) in [4.78, 5) is 9.47. The van der Waals surface area contributed by atoms with Crippen molar-refractivity contribution in [2.24, 2.45) is 0 Å². The Kier molecular flexibility index (Phi) is 11.5. The van der Waals surface area contributed by atoms with Crippen molar-refractivity contribution in [1.82, 2.24) is 19.1 Å². The van der Waals surface area contributed by atoms with Gasteiger partial charge in [0, 0.05) is 45.3 Å². The fraction of sp³-hybridized carbons (Fsp3) is 0.242. The predicted octanol–water partition coefficient (Wildman–Crippen LogP) is 17.9. The van der Waals surface area contributed by atoms with Gasteiger partial charge in [0.15, 0.2) is 0 Å². The van der Waals surface area contributed by atoms with Gasteiger partial charge in [-0.15, -0.1) is 0 Å². The molecule has 0 radical (unpaired) electrons. The summed E-state index contributed by atoms with van der Waals surface area (Å²) in [7, 11) is 0. The standard InChI is InChI=1S/C66H66N4/c1-63(2,3)47-21-29-59-53(39-47)54-40-48(64(4,5)6)22-30-60(54)69(59)51-25-17-43(18-26-51)13-15-45-33-35-67-57(37-45)58-38-46(34-36-68-58)16-14-44-19-27-52(28-20-44)70-61-31-23-49(65(7,8)9)41-55(61)56-42-50(66(10,11)12)24-32-62(56)70/h13-42H,1-12H3/b15-13+,16-14+. The molecule has 4 heterocycles. The Morgan fingerprint density at radius 3 is 0.843 bits per heavy atom. The highest BCUT2D eigenvalue weighted by Crippen LogP contribution is 2.40. The summed E-state index contributed by atoms with van der Waals surface area (Å²) >= 11 is 0. The zero-order valence-corrected chi connectivity index (χ0v) is 43.1. The molecule has 0 aliphatic heterocycles. The maximum absolute atomic E-state index is 4.74. The molecule has 0 spiro atoms. The minimum atomic E-state index is 0.0631. The van der Waals surface area contributed by atoms with Crippen molar-refractivity contribution in [2.75, 3.05) is 0 Å². The van der Waals surface area contributed by atoms with Crippen molar-refractivity contribution in [1.29, 1.82) is 0 Å². The van der Waals surface area contributed by atoms with E-state index in [2.05, 4.69) is 250 Å². The largest absolute Gasteiger partial charge is 0.309 e. The number of fused-ring (bicyclic) bond motifs is 6. The zero-order valence-electron chi connectivity index (χ0n) is 43.1. The Balaban J connectivity index is 0.875. The van der Waals surface area contributed by atoms with Crippen molar-refractivity contribution in [3.63, 3.8) is 0 Å². The second-order valence-corrected chi connectivity index (χ2v) is 23.4. The highest BCUT2D eigenvalue weighted by molar-refractivity contribution is 6.11. The summed E-state index contributed by atoms with van der Waals surface area (Å²) in [5, 5.41) is 5.20. The predicted molar refractivity (Wildman–Crippen MR) is 302 cm³/mol. The molecule has 0 saturated carbocycles. The first-order chi connectivity index (χ1) is 33.2. The molecule has 0 amide bonds. The molecule has 4 aromatic heterocycles. The zero-order chi connectivity index (χ0) is 49.3. The summed E-state index contributed by atoms with van der Waals surface area (Å²) in [6.45, 7) is 27.5. The van der Waals surface area contributed by atoms with Gasteiger partial charge in [0.1, 0.15) is 0 Å². The van der Waals surface area contributed by atoms with Crippen molar-refractivity contribution < 1.29 is 0 Å². The summed E-state index contributed by atoms with van der Waals surface area (Å²) in [5.74, 6) is 0. The maximum atomic E-state index is 4.74. The number of nitrogens with zero attached hydrogens (tertiary/aromatic N) is 4. The van der Waals surface area contributed by atoms with Crippen LogP contribution in [0.3, 0.4) is 0 Å². The number of pyridine rings is 2. The number of rotatable bonds is 7. The summed E-state index contributed by atoms with van der Waals surface area (Å²) < 4.78 is 4.82. The van der Waals surface area contributed by atoms with E-state index in [1.165, 1.54) is 65.9 Å². The first-order valence-electron chi connectivity index (χ1n) is 24.9. The molecular formula is C66H66N4. The van der Waals surface area contributed by atoms with E-state index < -0.39 is 0 Å². The molecule has 0 N–H and O–H groups in total. The van der Waals surface area contributed by atoms with Crippen molar-refractivity contribution >= 4 is 67.9 Å². The lowest BCUT2D eigenvalue weighted by atomic mass is 9.85. The Labute approximate surface area is 415 Å². The van der Waals surface area contributed by atoms with E-state index >= 15 is 0 Å². The molecular weight excluding hydrogens is 849 g/mol. The molecule has 4 nitrogen and oxygen atoms in total. The van der Waals surface area contributed by atoms with E-state index in [0.29, 0.717) is 0 Å². The van der Waals surface area contributed by atoms with E-state index in [9.17, 15) is 0 Å². The summed E-state index contributed by atoms with van der Waals surface area (Å²) in [6, 6.07) is 54.1. The van der Waals surface area contributed by atoms with Crippen molar-refractivity contribution in [3.8, 4) is 22.8 Å². The van der Waals surface area contributed by atoms with Crippen molar-refractivity contribution in [3.05, 3.63) is 202 Å². The SMILES string of the molecule is CC(C)(C)c1ccc2c(c1)c1cc(C(C)(C)C)ccc1n2-c1ccc(/C=C/c2ccnc(-c3cc(/C=C/c4ccc(-n5c6ccc(C(C)(C)C)cc6c6cc(C(C)(C)C)ccc65)cc4)ccn3)c2)cc1. The Morgan fingerprint density at radius 2 is 0.571 bits per heavy atom. The monoisotopic (exact) mass is 915 g/mol. The second-order valence-electron chi connectivity index (χ2n) is 23.4. The minimum Gasteiger partial charge on any atom is -0.309 e. The number of aromatic nitrogens is 4. The molecule has 0 bridgehead atoms. The summed E-state index contributed by atoms with van der Waals surface area (Å²) in [6.07, 6.45) is 12.4. The van der Waals surface area contributed by atoms with Gasteiger partial charge in [-0.2, -0.15) is 0 Å². The third kappa shape index (κ3) is 9.04. The number of benzene rings is 6. The second kappa shape index (κ2) is 17.3. The van der Waals surface area contributed by atoms with Crippen LogP contribution in [-0.2, 0) is 21.7 Å². The third-order valence-electron chi connectivity index (χ3n) is 14.1. The molecule has 0 unspecified atom stereocenters. The van der Waals surface area contributed by atoms with Crippen LogP contribution in [0, 0.1) is 0 Å². The van der Waals surface area contributed by atoms with Crippen LogP contribution < -0.4 is 0 Å². The molecule has 70 heavy (non-hydrogen) atoms. The van der Waals surface area contributed by atoms with Crippen LogP contribution >= 0.6 is 0 Å². The molecule has 10 rings (SSSR count). The van der Waals surface area contributed by atoms with E-state index in [-0.39, 0.29) is 21.7 Å². The van der Waals surface area contributed by atoms with Gasteiger partial charge in [0.2, 0.25) is 0 Å². The molecule has 0 saturated heterocycles. The quantitative estimate of drug-likeness (QED) is 0.160. The molecule has 4 heteroatoms. The van der Waals surface area contributed by atoms with Crippen LogP contribution in [0.15, 0.2) is 158 Å². The average Bonchev–Trinajstić information content (AvgIpc) is 3.83. The molecule has 0 aliphatic carbocycles. The highest BCUT2D eigenvalue weighted by atomic mass is 15.0.